The lowest BCUT2D eigenvalue weighted by atomic mass is 9.93. The molecule has 1 atom stereocenters. The molecule has 1 nitrogen and oxygen atoms in total. The highest BCUT2D eigenvalue weighted by atomic mass is 19.4. The first-order chi connectivity index (χ1) is 5.90. The fourth-order valence-electron chi connectivity index (χ4n) is 1.38. The number of rotatable bonds is 5. The van der Waals surface area contributed by atoms with Crippen LogP contribution in [0.2, 0.25) is 0 Å². The molecule has 80 valence electrons. The highest BCUT2D eigenvalue weighted by molar-refractivity contribution is 4.67. The zero-order valence-electron chi connectivity index (χ0n) is 8.06. The zero-order chi connectivity index (χ0) is 10.5. The molecular weight excluding hydrogens is 181 g/mol. The van der Waals surface area contributed by atoms with Gasteiger partial charge in [0.15, 0.2) is 0 Å². The Morgan fingerprint density at radius 1 is 1.15 bits per heavy atom. The van der Waals surface area contributed by atoms with Crippen LogP contribution in [0.3, 0.4) is 0 Å². The second kappa shape index (κ2) is 5.47. The maximum Gasteiger partial charge on any atom is 0.389 e. The van der Waals surface area contributed by atoms with Crippen molar-refractivity contribution in [2.75, 3.05) is 0 Å². The number of alkyl halides is 3. The van der Waals surface area contributed by atoms with Gasteiger partial charge in [0, 0.05) is 6.42 Å². The molecule has 0 aromatic rings. The molecule has 0 radical (unpaired) electrons. The first-order valence-corrected chi connectivity index (χ1v) is 4.65. The van der Waals surface area contributed by atoms with Crippen molar-refractivity contribution in [3.05, 3.63) is 0 Å². The third-order valence-electron chi connectivity index (χ3n) is 2.32. The van der Waals surface area contributed by atoms with Crippen molar-refractivity contribution in [3.63, 3.8) is 0 Å². The van der Waals surface area contributed by atoms with Crippen molar-refractivity contribution in [3.8, 4) is 0 Å². The molecule has 0 rings (SSSR count). The van der Waals surface area contributed by atoms with Crippen molar-refractivity contribution in [2.24, 2.45) is 5.92 Å². The molecule has 0 aromatic heterocycles. The zero-order valence-corrected chi connectivity index (χ0v) is 8.06. The number of aliphatic hydroxyl groups is 1. The van der Waals surface area contributed by atoms with Gasteiger partial charge in [-0.1, -0.05) is 26.7 Å². The van der Waals surface area contributed by atoms with Crippen molar-refractivity contribution < 1.29 is 18.3 Å². The maximum atomic E-state index is 11.8. The summed E-state index contributed by atoms with van der Waals surface area (Å²) in [5.41, 5.74) is 0. The van der Waals surface area contributed by atoms with Crippen molar-refractivity contribution >= 4 is 0 Å². The Labute approximate surface area is 76.9 Å². The van der Waals surface area contributed by atoms with Gasteiger partial charge in [-0.2, -0.15) is 13.2 Å². The Hall–Kier alpha value is -0.250. The normalized spacial score (nSPS) is 15.0. The summed E-state index contributed by atoms with van der Waals surface area (Å²) in [6.07, 6.45) is -4.55. The van der Waals surface area contributed by atoms with Gasteiger partial charge in [0.05, 0.1) is 6.10 Å². The molecule has 0 fully saturated rings. The Morgan fingerprint density at radius 2 is 1.62 bits per heavy atom. The van der Waals surface area contributed by atoms with Crippen LogP contribution in [-0.4, -0.2) is 17.4 Å². The highest BCUT2D eigenvalue weighted by Crippen LogP contribution is 2.25. The van der Waals surface area contributed by atoms with E-state index in [0.29, 0.717) is 0 Å². The second-order valence-electron chi connectivity index (χ2n) is 3.30. The number of hydrogen-bond acceptors (Lipinski definition) is 1. The summed E-state index contributed by atoms with van der Waals surface area (Å²) in [4.78, 5) is 0. The molecule has 0 amide bonds. The summed E-state index contributed by atoms with van der Waals surface area (Å²) in [5.74, 6) is 0.00218. The van der Waals surface area contributed by atoms with Gasteiger partial charge < -0.3 is 5.11 Å². The fraction of sp³-hybridized carbons (Fsp3) is 1.00. The fourth-order valence-corrected chi connectivity index (χ4v) is 1.38. The Kier molecular flexibility index (Phi) is 5.37. The molecular formula is C9H17F3O. The average Bonchev–Trinajstić information content (AvgIpc) is 2.02. The Morgan fingerprint density at radius 3 is 1.92 bits per heavy atom. The Balaban J connectivity index is 3.78. The number of aliphatic hydroxyl groups excluding tert-OH is 1. The van der Waals surface area contributed by atoms with E-state index in [1.165, 1.54) is 0 Å². The molecule has 0 saturated heterocycles. The molecule has 0 bridgehead atoms. The summed E-state index contributed by atoms with van der Waals surface area (Å²) < 4.78 is 35.3. The molecule has 0 saturated carbocycles. The number of halogens is 3. The van der Waals surface area contributed by atoms with E-state index in [2.05, 4.69) is 0 Å². The lowest BCUT2D eigenvalue weighted by molar-refractivity contribution is -0.141. The van der Waals surface area contributed by atoms with E-state index < -0.39 is 18.7 Å². The van der Waals surface area contributed by atoms with Crippen molar-refractivity contribution in [2.45, 2.75) is 51.8 Å². The minimum absolute atomic E-state index is 0.00218. The molecule has 0 aliphatic heterocycles. The van der Waals surface area contributed by atoms with Crippen LogP contribution in [0, 0.1) is 5.92 Å². The third-order valence-corrected chi connectivity index (χ3v) is 2.32. The predicted octanol–water partition coefficient (Wildman–Crippen LogP) is 3.13. The molecule has 1 N–H and O–H groups in total. The smallest absolute Gasteiger partial charge is 0.389 e. The first-order valence-electron chi connectivity index (χ1n) is 4.65. The SMILES string of the molecule is CCC(CC)C(O)CCC(F)(F)F. The van der Waals surface area contributed by atoms with Gasteiger partial charge in [-0.25, -0.2) is 0 Å². The average molecular weight is 198 g/mol. The quantitative estimate of drug-likeness (QED) is 0.719. The van der Waals surface area contributed by atoms with Crippen LogP contribution in [0.4, 0.5) is 13.2 Å². The van der Waals surface area contributed by atoms with E-state index in [1.54, 1.807) is 0 Å². The largest absolute Gasteiger partial charge is 0.393 e. The van der Waals surface area contributed by atoms with Gasteiger partial charge in [0.1, 0.15) is 0 Å². The van der Waals surface area contributed by atoms with Crippen LogP contribution in [0.1, 0.15) is 39.5 Å². The molecule has 0 heterocycles. The molecule has 1 unspecified atom stereocenters. The third kappa shape index (κ3) is 5.91. The lowest BCUT2D eigenvalue weighted by Crippen LogP contribution is -2.22. The summed E-state index contributed by atoms with van der Waals surface area (Å²) in [6.45, 7) is 3.76. The van der Waals surface area contributed by atoms with E-state index in [0.717, 1.165) is 12.8 Å². The minimum atomic E-state index is -4.15. The van der Waals surface area contributed by atoms with E-state index in [1.807, 2.05) is 13.8 Å². The summed E-state index contributed by atoms with van der Waals surface area (Å²) in [5, 5.41) is 9.37. The molecule has 0 spiro atoms. The summed E-state index contributed by atoms with van der Waals surface area (Å²) in [7, 11) is 0. The van der Waals surface area contributed by atoms with Gasteiger partial charge in [-0.05, 0) is 12.3 Å². The van der Waals surface area contributed by atoms with Crippen LogP contribution in [-0.2, 0) is 0 Å². The molecule has 0 aliphatic rings. The molecule has 0 aromatic carbocycles. The van der Waals surface area contributed by atoms with Crippen LogP contribution in [0.5, 0.6) is 0 Å². The molecule has 13 heavy (non-hydrogen) atoms. The highest BCUT2D eigenvalue weighted by Gasteiger charge is 2.29. The van der Waals surface area contributed by atoms with Gasteiger partial charge in [-0.15, -0.1) is 0 Å². The van der Waals surface area contributed by atoms with Gasteiger partial charge >= 0.3 is 6.18 Å². The standard InChI is InChI=1S/C9H17F3O/c1-3-7(4-2)8(13)5-6-9(10,11)12/h7-8,13H,3-6H2,1-2H3. The summed E-state index contributed by atoms with van der Waals surface area (Å²) >= 11 is 0. The minimum Gasteiger partial charge on any atom is -0.393 e. The lowest BCUT2D eigenvalue weighted by Gasteiger charge is -2.20. The van der Waals surface area contributed by atoms with E-state index >= 15 is 0 Å². The summed E-state index contributed by atoms with van der Waals surface area (Å²) in [6, 6.07) is 0. The van der Waals surface area contributed by atoms with Gasteiger partial charge in [0.25, 0.3) is 0 Å². The Bertz CT molecular complexity index is 129. The topological polar surface area (TPSA) is 20.2 Å². The van der Waals surface area contributed by atoms with E-state index in [-0.39, 0.29) is 12.3 Å². The van der Waals surface area contributed by atoms with E-state index in [9.17, 15) is 18.3 Å². The first kappa shape index (κ1) is 12.8. The van der Waals surface area contributed by atoms with Gasteiger partial charge in [-0.3, -0.25) is 0 Å². The molecule has 4 heteroatoms. The second-order valence-corrected chi connectivity index (χ2v) is 3.30. The van der Waals surface area contributed by atoms with Crippen LogP contribution in [0.25, 0.3) is 0 Å². The van der Waals surface area contributed by atoms with Crippen LogP contribution in [0.15, 0.2) is 0 Å². The predicted molar refractivity (Wildman–Crippen MR) is 45.4 cm³/mol. The van der Waals surface area contributed by atoms with Crippen LogP contribution >= 0.6 is 0 Å². The van der Waals surface area contributed by atoms with Crippen LogP contribution < -0.4 is 0 Å². The molecule has 0 aliphatic carbocycles. The monoisotopic (exact) mass is 198 g/mol. The van der Waals surface area contributed by atoms with Crippen molar-refractivity contribution in [1.82, 2.24) is 0 Å². The number of hydrogen-bond donors (Lipinski definition) is 1. The van der Waals surface area contributed by atoms with Gasteiger partial charge in [0.2, 0.25) is 0 Å². The van der Waals surface area contributed by atoms with E-state index in [4.69, 9.17) is 0 Å². The van der Waals surface area contributed by atoms with Crippen molar-refractivity contribution in [1.29, 1.82) is 0 Å². The maximum absolute atomic E-state index is 11.8.